The summed E-state index contributed by atoms with van der Waals surface area (Å²) in [5, 5.41) is 8.22. The number of hydrogen-bond acceptors (Lipinski definition) is 7. The van der Waals surface area contributed by atoms with Gasteiger partial charge in [0.1, 0.15) is 10.7 Å². The van der Waals surface area contributed by atoms with E-state index in [-0.39, 0.29) is 11.4 Å². The van der Waals surface area contributed by atoms with Crippen LogP contribution in [0, 0.1) is 0 Å². The zero-order valence-electron chi connectivity index (χ0n) is 15.1. The molecule has 0 aromatic carbocycles. The molecular weight excluding hydrogens is 408 g/mol. The van der Waals surface area contributed by atoms with E-state index in [1.54, 1.807) is 16.0 Å². The number of thiol groups is 1. The van der Waals surface area contributed by atoms with Gasteiger partial charge in [0.15, 0.2) is 0 Å². The zero-order valence-corrected chi connectivity index (χ0v) is 17.6. The standard InChI is InChI=1S/C17H23ClN4O3S2/c1-12-9-17(14-8-16(18)26-15(14)2-6-25-17)3-4-21(12)10-13-11-22(20-19-13)5-7-27(23)24/h8,11-12,27H,2-7,9-10H2,1H3/t12-,17+/m0/s1. The minimum atomic E-state index is -2.39. The number of aryl methyl sites for hydroxylation is 1. The first kappa shape index (κ1) is 19.3. The monoisotopic (exact) mass is 430 g/mol. The molecule has 148 valence electrons. The van der Waals surface area contributed by atoms with Gasteiger partial charge in [-0.05, 0) is 31.4 Å². The van der Waals surface area contributed by atoms with E-state index in [0.29, 0.717) is 19.1 Å². The van der Waals surface area contributed by atoms with Crippen molar-refractivity contribution in [1.29, 1.82) is 0 Å². The smallest absolute Gasteiger partial charge is 0.141 e. The Hall–Kier alpha value is -1.00. The Morgan fingerprint density at radius 2 is 2.33 bits per heavy atom. The highest BCUT2D eigenvalue weighted by Crippen LogP contribution is 2.47. The van der Waals surface area contributed by atoms with E-state index in [9.17, 15) is 8.42 Å². The predicted molar refractivity (Wildman–Crippen MR) is 105 cm³/mol. The summed E-state index contributed by atoms with van der Waals surface area (Å²) in [7, 11) is -2.39. The lowest BCUT2D eigenvalue weighted by molar-refractivity contribution is -0.112. The largest absolute Gasteiger partial charge is 0.370 e. The molecule has 1 spiro atoms. The van der Waals surface area contributed by atoms with Crippen LogP contribution in [0.2, 0.25) is 4.34 Å². The Balaban J connectivity index is 1.43. The first-order valence-corrected chi connectivity index (χ1v) is 11.7. The second kappa shape index (κ2) is 7.79. The second-order valence-corrected chi connectivity index (χ2v) is 10.2. The van der Waals surface area contributed by atoms with E-state index in [1.165, 1.54) is 10.4 Å². The van der Waals surface area contributed by atoms with Gasteiger partial charge in [0.05, 0.1) is 34.5 Å². The maximum absolute atomic E-state index is 10.7. The average Bonchev–Trinajstić information content (AvgIpc) is 3.22. The van der Waals surface area contributed by atoms with Gasteiger partial charge in [0, 0.05) is 36.6 Å². The molecule has 4 rings (SSSR count). The Bertz CT molecular complexity index is 889. The van der Waals surface area contributed by atoms with E-state index >= 15 is 0 Å². The maximum atomic E-state index is 10.7. The van der Waals surface area contributed by atoms with Crippen LogP contribution in [0.15, 0.2) is 12.3 Å². The number of ether oxygens (including phenoxy) is 1. The highest BCUT2D eigenvalue weighted by molar-refractivity contribution is 7.72. The molecule has 0 bridgehead atoms. The maximum Gasteiger partial charge on any atom is 0.141 e. The van der Waals surface area contributed by atoms with Gasteiger partial charge in [-0.3, -0.25) is 9.58 Å². The van der Waals surface area contributed by atoms with Crippen LogP contribution in [0.5, 0.6) is 0 Å². The van der Waals surface area contributed by atoms with Gasteiger partial charge >= 0.3 is 0 Å². The molecule has 0 aliphatic carbocycles. The number of rotatable bonds is 5. The molecule has 0 amide bonds. The molecule has 4 heterocycles. The minimum Gasteiger partial charge on any atom is -0.370 e. The molecule has 2 aromatic rings. The zero-order chi connectivity index (χ0) is 19.0. The van der Waals surface area contributed by atoms with Gasteiger partial charge in [-0.25, -0.2) is 8.42 Å². The SMILES string of the molecule is C[C@H]1C[C@@]2(CCN1Cc1cn(CC[SH](=O)=O)nn1)OCCc1sc(Cl)cc12. The Morgan fingerprint density at radius 3 is 3.11 bits per heavy atom. The predicted octanol–water partition coefficient (Wildman–Crippen LogP) is 2.06. The van der Waals surface area contributed by atoms with Crippen LogP contribution in [-0.4, -0.2) is 53.3 Å². The fourth-order valence-corrected chi connectivity index (χ4v) is 5.87. The minimum absolute atomic E-state index is 0.0869. The lowest BCUT2D eigenvalue weighted by Crippen LogP contribution is -2.50. The number of thiophene rings is 1. The number of nitrogens with zero attached hydrogens (tertiary/aromatic N) is 4. The lowest BCUT2D eigenvalue weighted by Gasteiger charge is -2.47. The molecule has 0 N–H and O–H groups in total. The van der Waals surface area contributed by atoms with Crippen molar-refractivity contribution >= 4 is 33.6 Å². The number of piperidine rings is 1. The number of halogens is 1. The first-order chi connectivity index (χ1) is 12.9. The molecule has 10 heteroatoms. The number of hydrogen-bond donors (Lipinski definition) is 1. The van der Waals surface area contributed by atoms with Gasteiger partial charge in [-0.2, -0.15) is 0 Å². The summed E-state index contributed by atoms with van der Waals surface area (Å²) in [4.78, 5) is 3.76. The second-order valence-electron chi connectivity index (χ2n) is 7.28. The van der Waals surface area contributed by atoms with Gasteiger partial charge in [-0.15, -0.1) is 16.4 Å². The summed E-state index contributed by atoms with van der Waals surface area (Å²) in [5.41, 5.74) is 1.93. The molecule has 0 unspecified atom stereocenters. The third kappa shape index (κ3) is 4.07. The number of fused-ring (bicyclic) bond motifs is 2. The van der Waals surface area contributed by atoms with Crippen LogP contribution in [0.4, 0.5) is 0 Å². The number of aromatic nitrogens is 3. The van der Waals surface area contributed by atoms with Crippen molar-refractivity contribution < 1.29 is 13.2 Å². The normalized spacial score (nSPS) is 26.0. The van der Waals surface area contributed by atoms with E-state index in [2.05, 4.69) is 28.2 Å². The van der Waals surface area contributed by atoms with Crippen molar-refractivity contribution in [2.75, 3.05) is 18.9 Å². The fourth-order valence-electron chi connectivity index (χ4n) is 4.16. The van der Waals surface area contributed by atoms with Crippen molar-refractivity contribution in [2.45, 2.75) is 50.9 Å². The van der Waals surface area contributed by atoms with Crippen molar-refractivity contribution in [3.05, 3.63) is 32.7 Å². The Labute approximate surface area is 169 Å². The van der Waals surface area contributed by atoms with Gasteiger partial charge in [-0.1, -0.05) is 16.8 Å². The van der Waals surface area contributed by atoms with Crippen LogP contribution >= 0.6 is 22.9 Å². The molecule has 0 saturated carbocycles. The average molecular weight is 431 g/mol. The van der Waals surface area contributed by atoms with E-state index < -0.39 is 10.7 Å². The van der Waals surface area contributed by atoms with E-state index in [4.69, 9.17) is 16.3 Å². The van der Waals surface area contributed by atoms with Crippen LogP contribution in [0.25, 0.3) is 0 Å². The van der Waals surface area contributed by atoms with E-state index in [0.717, 1.165) is 42.4 Å². The fraction of sp³-hybridized carbons (Fsp3) is 0.647. The van der Waals surface area contributed by atoms with Crippen LogP contribution in [0.1, 0.15) is 35.9 Å². The Morgan fingerprint density at radius 1 is 1.48 bits per heavy atom. The highest BCUT2D eigenvalue weighted by Gasteiger charge is 2.44. The molecule has 27 heavy (non-hydrogen) atoms. The van der Waals surface area contributed by atoms with Crippen LogP contribution in [-0.2, 0) is 40.6 Å². The van der Waals surface area contributed by atoms with Gasteiger partial charge < -0.3 is 4.74 Å². The molecule has 1 saturated heterocycles. The van der Waals surface area contributed by atoms with Crippen molar-refractivity contribution in [1.82, 2.24) is 19.9 Å². The molecular formula is C17H23ClN4O3S2. The van der Waals surface area contributed by atoms with Gasteiger partial charge in [0.2, 0.25) is 0 Å². The van der Waals surface area contributed by atoms with Crippen LogP contribution < -0.4 is 0 Å². The number of likely N-dealkylation sites (tertiary alicyclic amines) is 1. The lowest BCUT2D eigenvalue weighted by atomic mass is 9.79. The van der Waals surface area contributed by atoms with E-state index in [1.807, 2.05) is 6.20 Å². The molecule has 2 aromatic heterocycles. The molecule has 0 radical (unpaired) electrons. The third-order valence-electron chi connectivity index (χ3n) is 5.49. The van der Waals surface area contributed by atoms with Crippen LogP contribution in [0.3, 0.4) is 0 Å². The Kier molecular flexibility index (Phi) is 5.57. The van der Waals surface area contributed by atoms with Crippen molar-refractivity contribution in [2.24, 2.45) is 0 Å². The summed E-state index contributed by atoms with van der Waals surface area (Å²) in [6.07, 6.45) is 4.65. The molecule has 1 fully saturated rings. The summed E-state index contributed by atoms with van der Waals surface area (Å²) in [6.45, 7) is 4.94. The van der Waals surface area contributed by atoms with Crippen molar-refractivity contribution in [3.63, 3.8) is 0 Å². The molecule has 2 aliphatic rings. The summed E-state index contributed by atoms with van der Waals surface area (Å²) in [5.74, 6) is 0.0869. The summed E-state index contributed by atoms with van der Waals surface area (Å²) >= 11 is 7.95. The summed E-state index contributed by atoms with van der Waals surface area (Å²) < 4.78 is 30.2. The van der Waals surface area contributed by atoms with Crippen molar-refractivity contribution in [3.8, 4) is 0 Å². The topological polar surface area (TPSA) is 77.3 Å². The summed E-state index contributed by atoms with van der Waals surface area (Å²) in [6, 6.07) is 2.43. The van der Waals surface area contributed by atoms with Gasteiger partial charge in [0.25, 0.3) is 0 Å². The molecule has 7 nitrogen and oxygen atoms in total. The quantitative estimate of drug-likeness (QED) is 0.731. The highest BCUT2D eigenvalue weighted by atomic mass is 35.5. The molecule has 2 aliphatic heterocycles. The molecule has 2 atom stereocenters. The first-order valence-electron chi connectivity index (χ1n) is 9.13. The third-order valence-corrected chi connectivity index (χ3v) is 7.38.